The highest BCUT2D eigenvalue weighted by molar-refractivity contribution is 5.51. The highest BCUT2D eigenvalue weighted by atomic mass is 15.2. The van der Waals surface area contributed by atoms with Crippen LogP contribution in [0.5, 0.6) is 0 Å². The van der Waals surface area contributed by atoms with Crippen LogP contribution in [0.3, 0.4) is 0 Å². The molecule has 1 heterocycles. The van der Waals surface area contributed by atoms with E-state index in [0.29, 0.717) is 11.5 Å². The van der Waals surface area contributed by atoms with Crippen molar-refractivity contribution in [1.29, 1.82) is 0 Å². The maximum Gasteiger partial charge on any atom is 0.0317 e. The first-order valence-corrected chi connectivity index (χ1v) is 6.24. The highest BCUT2D eigenvalue weighted by Gasteiger charge is 2.49. The molecule has 0 atom stereocenters. The number of hydrogen-bond acceptors (Lipinski definition) is 2. The van der Waals surface area contributed by atoms with E-state index in [0.717, 1.165) is 12.2 Å². The summed E-state index contributed by atoms with van der Waals surface area (Å²) in [5.74, 6) is 0. The van der Waals surface area contributed by atoms with Gasteiger partial charge in [-0.3, -0.25) is 4.90 Å². The Morgan fingerprint density at radius 1 is 1.31 bits per heavy atom. The van der Waals surface area contributed by atoms with E-state index in [2.05, 4.69) is 30.9 Å². The molecule has 2 N–H and O–H groups in total. The fourth-order valence-electron chi connectivity index (χ4n) is 2.92. The molecule has 1 aliphatic carbocycles. The van der Waals surface area contributed by atoms with Gasteiger partial charge in [0.2, 0.25) is 0 Å². The SMILES string of the molecule is CC(C)N1Cc2ccc(N)cc2C2(CC2)C1. The summed E-state index contributed by atoms with van der Waals surface area (Å²) in [7, 11) is 0. The number of nitrogens with zero attached hydrogens (tertiary/aromatic N) is 1. The van der Waals surface area contributed by atoms with Gasteiger partial charge in [-0.05, 0) is 49.9 Å². The Morgan fingerprint density at radius 3 is 2.69 bits per heavy atom. The zero-order valence-corrected chi connectivity index (χ0v) is 10.2. The number of hydrogen-bond donors (Lipinski definition) is 1. The van der Waals surface area contributed by atoms with E-state index in [4.69, 9.17) is 5.73 Å². The average Bonchev–Trinajstić information content (AvgIpc) is 3.00. The van der Waals surface area contributed by atoms with Crippen molar-refractivity contribution in [1.82, 2.24) is 4.90 Å². The number of benzene rings is 1. The second-order valence-corrected chi connectivity index (χ2v) is 5.70. The first-order chi connectivity index (χ1) is 7.61. The third kappa shape index (κ3) is 1.44. The quantitative estimate of drug-likeness (QED) is 0.731. The molecule has 1 spiro atoms. The Kier molecular flexibility index (Phi) is 2.05. The Balaban J connectivity index is 2.03. The zero-order valence-electron chi connectivity index (χ0n) is 10.2. The van der Waals surface area contributed by atoms with E-state index in [9.17, 15) is 0 Å². The van der Waals surface area contributed by atoms with Gasteiger partial charge in [0.25, 0.3) is 0 Å². The molecule has 2 aliphatic rings. The molecule has 0 unspecified atom stereocenters. The van der Waals surface area contributed by atoms with Crippen molar-refractivity contribution in [3.63, 3.8) is 0 Å². The van der Waals surface area contributed by atoms with Crippen LogP contribution in [-0.4, -0.2) is 17.5 Å². The summed E-state index contributed by atoms with van der Waals surface area (Å²) in [6, 6.07) is 7.11. The van der Waals surface area contributed by atoms with Crippen molar-refractivity contribution >= 4 is 5.69 Å². The average molecular weight is 216 g/mol. The van der Waals surface area contributed by atoms with Gasteiger partial charge in [0.15, 0.2) is 0 Å². The Hall–Kier alpha value is -1.02. The molecule has 0 radical (unpaired) electrons. The summed E-state index contributed by atoms with van der Waals surface area (Å²) in [6.07, 6.45) is 2.68. The van der Waals surface area contributed by atoms with Gasteiger partial charge in [-0.15, -0.1) is 0 Å². The van der Waals surface area contributed by atoms with E-state index in [1.165, 1.54) is 30.5 Å². The molecule has 1 aromatic rings. The molecule has 0 amide bonds. The van der Waals surface area contributed by atoms with Crippen molar-refractivity contribution < 1.29 is 0 Å². The molecule has 2 heteroatoms. The molecule has 0 aromatic heterocycles. The predicted molar refractivity (Wildman–Crippen MR) is 67.3 cm³/mol. The fourth-order valence-corrected chi connectivity index (χ4v) is 2.92. The maximum absolute atomic E-state index is 5.91. The monoisotopic (exact) mass is 216 g/mol. The second-order valence-electron chi connectivity index (χ2n) is 5.70. The number of rotatable bonds is 1. The van der Waals surface area contributed by atoms with Crippen LogP contribution in [0.15, 0.2) is 18.2 Å². The van der Waals surface area contributed by atoms with E-state index < -0.39 is 0 Å². The molecular formula is C14H20N2. The zero-order chi connectivity index (χ0) is 11.3. The van der Waals surface area contributed by atoms with E-state index in [1.807, 2.05) is 6.07 Å². The molecule has 1 aliphatic heterocycles. The van der Waals surface area contributed by atoms with Crippen LogP contribution in [0, 0.1) is 0 Å². The molecule has 1 fully saturated rings. The number of anilines is 1. The predicted octanol–water partition coefficient (Wildman–Crippen LogP) is 2.52. The van der Waals surface area contributed by atoms with E-state index in [1.54, 1.807) is 0 Å². The molecule has 86 valence electrons. The summed E-state index contributed by atoms with van der Waals surface area (Å²) < 4.78 is 0. The van der Waals surface area contributed by atoms with Gasteiger partial charge < -0.3 is 5.73 Å². The van der Waals surface area contributed by atoms with E-state index >= 15 is 0 Å². The fraction of sp³-hybridized carbons (Fsp3) is 0.571. The highest BCUT2D eigenvalue weighted by Crippen LogP contribution is 2.52. The first-order valence-electron chi connectivity index (χ1n) is 6.24. The smallest absolute Gasteiger partial charge is 0.0317 e. The minimum absolute atomic E-state index is 0.452. The summed E-state index contributed by atoms with van der Waals surface area (Å²) in [4.78, 5) is 2.59. The maximum atomic E-state index is 5.91. The lowest BCUT2D eigenvalue weighted by Gasteiger charge is -2.37. The van der Waals surface area contributed by atoms with Crippen LogP contribution in [0.4, 0.5) is 5.69 Å². The van der Waals surface area contributed by atoms with Gasteiger partial charge in [-0.25, -0.2) is 0 Å². The molecule has 1 saturated carbocycles. The van der Waals surface area contributed by atoms with Crippen LogP contribution < -0.4 is 5.73 Å². The summed E-state index contributed by atoms with van der Waals surface area (Å²) >= 11 is 0. The molecular weight excluding hydrogens is 196 g/mol. The van der Waals surface area contributed by atoms with Gasteiger partial charge in [-0.2, -0.15) is 0 Å². The Labute approximate surface area is 97.4 Å². The molecule has 16 heavy (non-hydrogen) atoms. The van der Waals surface area contributed by atoms with Crippen LogP contribution in [0.2, 0.25) is 0 Å². The molecule has 0 bridgehead atoms. The van der Waals surface area contributed by atoms with Gasteiger partial charge in [0, 0.05) is 30.2 Å². The lowest BCUT2D eigenvalue weighted by Crippen LogP contribution is -2.41. The van der Waals surface area contributed by atoms with Crippen LogP contribution in [0.25, 0.3) is 0 Å². The third-order valence-corrected chi connectivity index (χ3v) is 4.17. The van der Waals surface area contributed by atoms with Crippen molar-refractivity contribution in [2.45, 2.75) is 44.7 Å². The molecule has 1 aromatic carbocycles. The normalized spacial score (nSPS) is 22.4. The van der Waals surface area contributed by atoms with Crippen molar-refractivity contribution in [3.05, 3.63) is 29.3 Å². The Bertz CT molecular complexity index is 419. The topological polar surface area (TPSA) is 29.3 Å². The molecule has 2 nitrogen and oxygen atoms in total. The van der Waals surface area contributed by atoms with Gasteiger partial charge in [-0.1, -0.05) is 6.07 Å². The first kappa shape index (κ1) is 10.2. The van der Waals surface area contributed by atoms with Crippen LogP contribution in [0.1, 0.15) is 37.8 Å². The third-order valence-electron chi connectivity index (χ3n) is 4.17. The van der Waals surface area contributed by atoms with Crippen LogP contribution in [-0.2, 0) is 12.0 Å². The second kappa shape index (κ2) is 3.24. The van der Waals surface area contributed by atoms with Crippen molar-refractivity contribution in [2.24, 2.45) is 0 Å². The van der Waals surface area contributed by atoms with Gasteiger partial charge >= 0.3 is 0 Å². The van der Waals surface area contributed by atoms with Crippen molar-refractivity contribution in [2.75, 3.05) is 12.3 Å². The minimum atomic E-state index is 0.452. The van der Waals surface area contributed by atoms with Crippen molar-refractivity contribution in [3.8, 4) is 0 Å². The summed E-state index contributed by atoms with van der Waals surface area (Å²) in [6.45, 7) is 6.90. The van der Waals surface area contributed by atoms with Crippen LogP contribution >= 0.6 is 0 Å². The van der Waals surface area contributed by atoms with Gasteiger partial charge in [0.05, 0.1) is 0 Å². The van der Waals surface area contributed by atoms with Gasteiger partial charge in [0.1, 0.15) is 0 Å². The summed E-state index contributed by atoms with van der Waals surface area (Å²) in [5, 5.41) is 0. The Morgan fingerprint density at radius 2 is 2.06 bits per heavy atom. The number of nitrogen functional groups attached to an aromatic ring is 1. The minimum Gasteiger partial charge on any atom is -0.399 e. The molecule has 3 rings (SSSR count). The largest absolute Gasteiger partial charge is 0.399 e. The lowest BCUT2D eigenvalue weighted by molar-refractivity contribution is 0.177. The number of nitrogens with two attached hydrogens (primary N) is 1. The number of fused-ring (bicyclic) bond motifs is 2. The molecule has 0 saturated heterocycles. The lowest BCUT2D eigenvalue weighted by atomic mass is 9.86. The summed E-state index contributed by atoms with van der Waals surface area (Å²) in [5.41, 5.74) is 10.3. The van der Waals surface area contributed by atoms with E-state index in [-0.39, 0.29) is 0 Å². The standard InChI is InChI=1S/C14H20N2/c1-10(2)16-8-11-3-4-12(15)7-13(11)14(9-16)5-6-14/h3-4,7,10H,5-6,8-9,15H2,1-2H3.